The Kier molecular flexibility index (Phi) is 5.67. The van der Waals surface area contributed by atoms with Gasteiger partial charge in [-0.3, -0.25) is 4.79 Å². The van der Waals surface area contributed by atoms with Gasteiger partial charge in [0.1, 0.15) is 6.10 Å². The number of rotatable bonds is 6. The van der Waals surface area contributed by atoms with Gasteiger partial charge in [0, 0.05) is 25.7 Å². The number of hydrogen-bond acceptors (Lipinski definition) is 3. The van der Waals surface area contributed by atoms with E-state index in [9.17, 15) is 13.6 Å². The fraction of sp³-hybridized carbons (Fsp3) is 0.417. The van der Waals surface area contributed by atoms with Crippen LogP contribution in [0.15, 0.2) is 24.3 Å². The van der Waals surface area contributed by atoms with Gasteiger partial charge < -0.3 is 15.7 Å². The summed E-state index contributed by atoms with van der Waals surface area (Å²) in [5.41, 5.74) is 1.40. The van der Waals surface area contributed by atoms with Crippen LogP contribution < -0.4 is 10.6 Å². The van der Waals surface area contributed by atoms with Crippen LogP contribution >= 0.6 is 0 Å². The molecule has 0 aliphatic carbocycles. The van der Waals surface area contributed by atoms with Crippen molar-refractivity contribution in [1.82, 2.24) is 5.32 Å². The zero-order chi connectivity index (χ0) is 13.5. The van der Waals surface area contributed by atoms with E-state index in [0.29, 0.717) is 12.2 Å². The van der Waals surface area contributed by atoms with Crippen molar-refractivity contribution in [2.45, 2.75) is 26.0 Å². The number of aliphatic hydroxyl groups excluding tert-OH is 1. The normalized spacial score (nSPS) is 12.5. The summed E-state index contributed by atoms with van der Waals surface area (Å²) in [5, 5.41) is 14.3. The van der Waals surface area contributed by atoms with Crippen molar-refractivity contribution in [3.05, 3.63) is 29.8 Å². The number of para-hydroxylation sites is 1. The predicted octanol–water partition coefficient (Wildman–Crippen LogP) is 1.36. The molecule has 1 amide bonds. The van der Waals surface area contributed by atoms with E-state index in [0.717, 1.165) is 5.56 Å². The third kappa shape index (κ3) is 4.77. The molecule has 1 aromatic carbocycles. The molecule has 0 aliphatic heterocycles. The SMILES string of the molecule is CC(=O)Nc1ccccc1CNCC(O)C(F)F. The monoisotopic (exact) mass is 258 g/mol. The highest BCUT2D eigenvalue weighted by Crippen LogP contribution is 2.14. The molecule has 18 heavy (non-hydrogen) atoms. The number of amides is 1. The van der Waals surface area contributed by atoms with Gasteiger partial charge in [-0.05, 0) is 11.6 Å². The Bertz CT molecular complexity index is 399. The topological polar surface area (TPSA) is 61.4 Å². The molecule has 0 saturated carbocycles. The van der Waals surface area contributed by atoms with Crippen molar-refractivity contribution in [3.63, 3.8) is 0 Å². The first-order chi connectivity index (χ1) is 8.50. The molecular weight excluding hydrogens is 242 g/mol. The van der Waals surface area contributed by atoms with Crippen molar-refractivity contribution in [2.24, 2.45) is 0 Å². The maximum absolute atomic E-state index is 12.1. The fourth-order valence-corrected chi connectivity index (χ4v) is 1.43. The zero-order valence-corrected chi connectivity index (χ0v) is 9.99. The number of alkyl halides is 2. The molecule has 0 saturated heterocycles. The largest absolute Gasteiger partial charge is 0.386 e. The van der Waals surface area contributed by atoms with Crippen molar-refractivity contribution >= 4 is 11.6 Å². The second-order valence-electron chi connectivity index (χ2n) is 3.87. The Labute approximate surface area is 104 Å². The number of aliphatic hydroxyl groups is 1. The van der Waals surface area contributed by atoms with Gasteiger partial charge in [0.05, 0.1) is 0 Å². The lowest BCUT2D eigenvalue weighted by atomic mass is 10.1. The number of hydrogen-bond donors (Lipinski definition) is 3. The average molecular weight is 258 g/mol. The lowest BCUT2D eigenvalue weighted by Crippen LogP contribution is -2.31. The van der Waals surface area contributed by atoms with Crippen LogP contribution in [-0.2, 0) is 11.3 Å². The van der Waals surface area contributed by atoms with Crippen LogP contribution in [0.5, 0.6) is 0 Å². The van der Waals surface area contributed by atoms with Gasteiger partial charge in [-0.25, -0.2) is 8.78 Å². The Morgan fingerprint density at radius 1 is 1.39 bits per heavy atom. The smallest absolute Gasteiger partial charge is 0.265 e. The minimum absolute atomic E-state index is 0.199. The van der Waals surface area contributed by atoms with Crippen LogP contribution in [0.3, 0.4) is 0 Å². The molecule has 0 aliphatic rings. The predicted molar refractivity (Wildman–Crippen MR) is 64.5 cm³/mol. The molecule has 0 spiro atoms. The molecule has 4 nitrogen and oxygen atoms in total. The summed E-state index contributed by atoms with van der Waals surface area (Å²) in [5.74, 6) is -0.199. The minimum Gasteiger partial charge on any atom is -0.386 e. The van der Waals surface area contributed by atoms with Gasteiger partial charge in [-0.1, -0.05) is 18.2 Å². The molecular formula is C12H16F2N2O2. The van der Waals surface area contributed by atoms with E-state index in [2.05, 4.69) is 10.6 Å². The first kappa shape index (κ1) is 14.5. The van der Waals surface area contributed by atoms with Crippen LogP contribution in [0.1, 0.15) is 12.5 Å². The quantitative estimate of drug-likeness (QED) is 0.722. The highest BCUT2D eigenvalue weighted by molar-refractivity contribution is 5.89. The average Bonchev–Trinajstić information content (AvgIpc) is 2.30. The van der Waals surface area contributed by atoms with Crippen LogP contribution in [-0.4, -0.2) is 30.1 Å². The highest BCUT2D eigenvalue weighted by atomic mass is 19.3. The number of benzene rings is 1. The standard InChI is InChI=1S/C12H16F2N2O2/c1-8(17)16-10-5-3-2-4-9(10)6-15-7-11(18)12(13)14/h2-5,11-12,15,18H,6-7H2,1H3,(H,16,17). The van der Waals surface area contributed by atoms with Gasteiger partial charge in [0.25, 0.3) is 6.43 Å². The number of carbonyl (C=O) groups is 1. The molecule has 0 bridgehead atoms. The van der Waals surface area contributed by atoms with Gasteiger partial charge in [0.2, 0.25) is 5.91 Å². The molecule has 1 unspecified atom stereocenters. The Balaban J connectivity index is 2.53. The molecule has 0 radical (unpaired) electrons. The van der Waals surface area contributed by atoms with Crippen molar-refractivity contribution < 1.29 is 18.7 Å². The lowest BCUT2D eigenvalue weighted by Gasteiger charge is -2.13. The summed E-state index contributed by atoms with van der Waals surface area (Å²) in [4.78, 5) is 11.0. The van der Waals surface area contributed by atoms with Gasteiger partial charge in [-0.15, -0.1) is 0 Å². The molecule has 100 valence electrons. The van der Waals surface area contributed by atoms with Crippen molar-refractivity contribution in [2.75, 3.05) is 11.9 Å². The molecule has 0 fully saturated rings. The van der Waals surface area contributed by atoms with Crippen LogP contribution in [0.4, 0.5) is 14.5 Å². The van der Waals surface area contributed by atoms with Crippen molar-refractivity contribution in [1.29, 1.82) is 0 Å². The van der Waals surface area contributed by atoms with Crippen molar-refractivity contribution in [3.8, 4) is 0 Å². The summed E-state index contributed by atoms with van der Waals surface area (Å²) in [6.45, 7) is 1.48. The molecule has 0 aromatic heterocycles. The fourth-order valence-electron chi connectivity index (χ4n) is 1.43. The van der Waals surface area contributed by atoms with Gasteiger partial charge in [0.15, 0.2) is 0 Å². The number of nitrogens with one attached hydrogen (secondary N) is 2. The second-order valence-corrected chi connectivity index (χ2v) is 3.87. The summed E-state index contributed by atoms with van der Waals surface area (Å²) < 4.78 is 24.1. The number of anilines is 1. The molecule has 1 rings (SSSR count). The third-order valence-electron chi connectivity index (χ3n) is 2.29. The highest BCUT2D eigenvalue weighted by Gasteiger charge is 2.15. The Morgan fingerprint density at radius 3 is 2.67 bits per heavy atom. The Hall–Kier alpha value is -1.53. The van der Waals surface area contributed by atoms with E-state index in [1.165, 1.54) is 6.92 Å². The maximum atomic E-state index is 12.1. The number of carbonyl (C=O) groups excluding carboxylic acids is 1. The van der Waals surface area contributed by atoms with Crippen LogP contribution in [0.25, 0.3) is 0 Å². The van der Waals surface area contributed by atoms with E-state index in [-0.39, 0.29) is 12.5 Å². The van der Waals surface area contributed by atoms with E-state index >= 15 is 0 Å². The summed E-state index contributed by atoms with van der Waals surface area (Å²) in [7, 11) is 0. The molecule has 6 heteroatoms. The molecule has 1 aromatic rings. The summed E-state index contributed by atoms with van der Waals surface area (Å²) in [6.07, 6.45) is -4.44. The molecule has 0 heterocycles. The minimum atomic E-state index is -2.76. The summed E-state index contributed by atoms with van der Waals surface area (Å²) in [6, 6.07) is 7.05. The first-order valence-corrected chi connectivity index (χ1v) is 5.53. The Morgan fingerprint density at radius 2 is 2.06 bits per heavy atom. The zero-order valence-electron chi connectivity index (χ0n) is 9.99. The lowest BCUT2D eigenvalue weighted by molar-refractivity contribution is -0.114. The van der Waals surface area contributed by atoms with Gasteiger partial charge in [-0.2, -0.15) is 0 Å². The summed E-state index contributed by atoms with van der Waals surface area (Å²) >= 11 is 0. The molecule has 1 atom stereocenters. The van der Waals surface area contributed by atoms with Gasteiger partial charge >= 0.3 is 0 Å². The van der Waals surface area contributed by atoms with E-state index in [1.807, 2.05) is 0 Å². The second kappa shape index (κ2) is 7.03. The third-order valence-corrected chi connectivity index (χ3v) is 2.29. The molecule has 3 N–H and O–H groups in total. The van der Waals surface area contributed by atoms with Crippen LogP contribution in [0, 0.1) is 0 Å². The number of halogens is 2. The van der Waals surface area contributed by atoms with E-state index in [1.54, 1.807) is 24.3 Å². The van der Waals surface area contributed by atoms with Crippen LogP contribution in [0.2, 0.25) is 0 Å². The first-order valence-electron chi connectivity index (χ1n) is 5.53. The maximum Gasteiger partial charge on any atom is 0.265 e. The van der Waals surface area contributed by atoms with E-state index in [4.69, 9.17) is 5.11 Å². The van der Waals surface area contributed by atoms with E-state index < -0.39 is 12.5 Å².